The molecule has 0 bridgehead atoms. The van der Waals surface area contributed by atoms with Gasteiger partial charge in [0.1, 0.15) is 7.85 Å². The highest BCUT2D eigenvalue weighted by Crippen LogP contribution is 2.47. The Bertz CT molecular complexity index is 888. The number of nitrogens with one attached hydrogen (secondary N) is 2. The molecule has 3 unspecified atom stereocenters. The maximum Gasteiger partial charge on any atom is 0.116 e. The molecule has 0 spiro atoms. The third-order valence-electron chi connectivity index (χ3n) is 5.09. The molecule has 0 amide bonds. The van der Waals surface area contributed by atoms with E-state index in [-0.39, 0.29) is 6.04 Å². The number of fused-ring (bicyclic) bond motifs is 5. The molecule has 2 N–H and O–H groups in total. The average Bonchev–Trinajstić information content (AvgIpc) is 3.24. The van der Waals surface area contributed by atoms with Crippen molar-refractivity contribution in [1.82, 2.24) is 9.97 Å². The molecule has 1 aliphatic heterocycles. The Morgan fingerprint density at radius 2 is 2.33 bits per heavy atom. The van der Waals surface area contributed by atoms with E-state index in [1.165, 1.54) is 11.1 Å². The number of anilines is 1. The van der Waals surface area contributed by atoms with Crippen molar-refractivity contribution in [2.45, 2.75) is 25.3 Å². The monoisotopic (exact) mass is 313 g/mol. The SMILES string of the molecule is [B]c1cc2c(c3[nH]cnc13)NC(C(/C=C\C)=C/C=C)C1CC=CC21. The number of rotatable bonds is 3. The lowest BCUT2D eigenvalue weighted by Crippen LogP contribution is -2.37. The molecule has 1 aromatic carbocycles. The first-order chi connectivity index (χ1) is 11.7. The lowest BCUT2D eigenvalue weighted by molar-refractivity contribution is 0.455. The molecule has 4 heteroatoms. The summed E-state index contributed by atoms with van der Waals surface area (Å²) < 4.78 is 0. The quantitative estimate of drug-likeness (QED) is 0.517. The fourth-order valence-corrected chi connectivity index (χ4v) is 4.11. The van der Waals surface area contributed by atoms with Gasteiger partial charge < -0.3 is 10.3 Å². The zero-order chi connectivity index (χ0) is 16.7. The van der Waals surface area contributed by atoms with Gasteiger partial charge in [-0.1, -0.05) is 54.6 Å². The summed E-state index contributed by atoms with van der Waals surface area (Å²) >= 11 is 0. The van der Waals surface area contributed by atoms with Gasteiger partial charge in [0.15, 0.2) is 0 Å². The molecule has 3 atom stereocenters. The molecular formula is C20H20BN3. The zero-order valence-electron chi connectivity index (χ0n) is 13.8. The summed E-state index contributed by atoms with van der Waals surface area (Å²) in [6.07, 6.45) is 15.6. The van der Waals surface area contributed by atoms with Crippen LogP contribution in [0.1, 0.15) is 24.8 Å². The Morgan fingerprint density at radius 3 is 3.12 bits per heavy atom. The Morgan fingerprint density at radius 1 is 1.46 bits per heavy atom. The Kier molecular flexibility index (Phi) is 3.68. The van der Waals surface area contributed by atoms with Crippen LogP contribution in [0.4, 0.5) is 5.69 Å². The van der Waals surface area contributed by atoms with Crippen LogP contribution >= 0.6 is 0 Å². The van der Waals surface area contributed by atoms with E-state index in [4.69, 9.17) is 7.85 Å². The second-order valence-corrected chi connectivity index (χ2v) is 6.43. The molecule has 4 rings (SSSR count). The highest BCUT2D eigenvalue weighted by Gasteiger charge is 2.39. The van der Waals surface area contributed by atoms with Crippen molar-refractivity contribution in [3.8, 4) is 0 Å². The Balaban J connectivity index is 1.90. The number of imidazole rings is 1. The first-order valence-electron chi connectivity index (χ1n) is 8.38. The molecule has 24 heavy (non-hydrogen) atoms. The van der Waals surface area contributed by atoms with Crippen molar-refractivity contribution in [1.29, 1.82) is 0 Å². The summed E-state index contributed by atoms with van der Waals surface area (Å²) in [5.74, 6) is 0.861. The van der Waals surface area contributed by atoms with Gasteiger partial charge in [0.05, 0.1) is 29.1 Å². The fourth-order valence-electron chi connectivity index (χ4n) is 4.11. The summed E-state index contributed by atoms with van der Waals surface area (Å²) in [5, 5.41) is 3.76. The van der Waals surface area contributed by atoms with Crippen molar-refractivity contribution < 1.29 is 0 Å². The van der Waals surface area contributed by atoms with Crippen LogP contribution in [0.5, 0.6) is 0 Å². The van der Waals surface area contributed by atoms with Gasteiger partial charge in [-0.15, -0.1) is 0 Å². The standard InChI is InChI=1S/C20H20BN3/c1-3-6-12(7-4-2)17-14-9-5-8-13(14)15-10-16(21)19-20(18(15)24-17)23-11-22-19/h3-8,10-11,13-14,17,24H,1,9H2,2H3,(H,22,23)/b7-4-,12-6+. The number of benzene rings is 1. The number of allylic oxidation sites excluding steroid dienone is 5. The van der Waals surface area contributed by atoms with E-state index >= 15 is 0 Å². The maximum atomic E-state index is 6.23. The maximum absolute atomic E-state index is 6.23. The lowest BCUT2D eigenvalue weighted by atomic mass is 9.75. The molecule has 1 aromatic heterocycles. The summed E-state index contributed by atoms with van der Waals surface area (Å²) in [6, 6.07) is 2.32. The van der Waals surface area contributed by atoms with Gasteiger partial charge in [0.2, 0.25) is 0 Å². The minimum atomic E-state index is 0.238. The summed E-state index contributed by atoms with van der Waals surface area (Å²) in [7, 11) is 6.23. The van der Waals surface area contributed by atoms with Gasteiger partial charge in [-0.2, -0.15) is 0 Å². The number of nitrogens with zero attached hydrogens (tertiary/aromatic N) is 1. The molecule has 3 nitrogen and oxygen atoms in total. The predicted octanol–water partition coefficient (Wildman–Crippen LogP) is 3.50. The minimum absolute atomic E-state index is 0.238. The largest absolute Gasteiger partial charge is 0.376 e. The van der Waals surface area contributed by atoms with Crippen molar-refractivity contribution in [2.75, 3.05) is 5.32 Å². The van der Waals surface area contributed by atoms with Gasteiger partial charge in [0, 0.05) is 5.92 Å². The van der Waals surface area contributed by atoms with Crippen LogP contribution in [0.2, 0.25) is 0 Å². The predicted molar refractivity (Wildman–Crippen MR) is 102 cm³/mol. The number of H-pyrrole nitrogens is 1. The zero-order valence-corrected chi connectivity index (χ0v) is 13.8. The highest BCUT2D eigenvalue weighted by molar-refractivity contribution is 6.38. The van der Waals surface area contributed by atoms with E-state index in [2.05, 4.69) is 58.3 Å². The molecular weight excluding hydrogens is 293 g/mol. The van der Waals surface area contributed by atoms with Gasteiger partial charge in [0.25, 0.3) is 0 Å². The molecule has 2 aromatic rings. The van der Waals surface area contributed by atoms with E-state index < -0.39 is 0 Å². The molecule has 2 radical (unpaired) electrons. The van der Waals surface area contributed by atoms with Crippen molar-refractivity contribution in [3.63, 3.8) is 0 Å². The second kappa shape index (κ2) is 5.86. The number of aromatic amines is 1. The van der Waals surface area contributed by atoms with E-state index in [9.17, 15) is 0 Å². The molecule has 2 heterocycles. The molecule has 0 saturated heterocycles. The summed E-state index contributed by atoms with van der Waals surface area (Å²) in [4.78, 5) is 7.63. The van der Waals surface area contributed by atoms with Crippen molar-refractivity contribution in [3.05, 3.63) is 66.6 Å². The van der Waals surface area contributed by atoms with Gasteiger partial charge in [-0.3, -0.25) is 0 Å². The molecule has 2 aliphatic rings. The van der Waals surface area contributed by atoms with Gasteiger partial charge in [-0.25, -0.2) is 4.98 Å². The van der Waals surface area contributed by atoms with Crippen molar-refractivity contribution in [2.24, 2.45) is 5.92 Å². The van der Waals surface area contributed by atoms with Crippen LogP contribution in [0, 0.1) is 5.92 Å². The number of hydrogen-bond acceptors (Lipinski definition) is 2. The van der Waals surface area contributed by atoms with E-state index in [0.717, 1.165) is 28.6 Å². The summed E-state index contributed by atoms with van der Waals surface area (Å²) in [5.41, 5.74) is 6.19. The average molecular weight is 313 g/mol. The van der Waals surface area contributed by atoms with Crippen LogP contribution in [0.25, 0.3) is 11.0 Å². The second-order valence-electron chi connectivity index (χ2n) is 6.43. The van der Waals surface area contributed by atoms with E-state index in [0.29, 0.717) is 11.8 Å². The Labute approximate surface area is 143 Å². The van der Waals surface area contributed by atoms with Crippen LogP contribution in [0.3, 0.4) is 0 Å². The molecule has 0 fully saturated rings. The van der Waals surface area contributed by atoms with Crippen LogP contribution < -0.4 is 10.8 Å². The highest BCUT2D eigenvalue weighted by atomic mass is 15.0. The van der Waals surface area contributed by atoms with Crippen molar-refractivity contribution >= 4 is 30.0 Å². The van der Waals surface area contributed by atoms with Crippen LogP contribution in [-0.4, -0.2) is 23.9 Å². The first kappa shape index (κ1) is 15.1. The molecule has 0 saturated carbocycles. The molecule has 118 valence electrons. The van der Waals surface area contributed by atoms with Gasteiger partial charge in [-0.05, 0) is 30.4 Å². The van der Waals surface area contributed by atoms with Crippen LogP contribution in [0.15, 0.2) is 61.0 Å². The van der Waals surface area contributed by atoms with E-state index in [1.54, 1.807) is 6.33 Å². The van der Waals surface area contributed by atoms with Crippen LogP contribution in [-0.2, 0) is 0 Å². The summed E-state index contributed by atoms with van der Waals surface area (Å²) in [6.45, 7) is 5.92. The first-order valence-corrected chi connectivity index (χ1v) is 8.38. The third kappa shape index (κ3) is 2.17. The third-order valence-corrected chi connectivity index (χ3v) is 5.09. The van der Waals surface area contributed by atoms with E-state index in [1.807, 2.05) is 13.0 Å². The smallest absolute Gasteiger partial charge is 0.116 e. The minimum Gasteiger partial charge on any atom is -0.376 e. The normalized spacial score (nSPS) is 25.7. The topological polar surface area (TPSA) is 40.7 Å². The number of aromatic nitrogens is 2. The lowest BCUT2D eigenvalue weighted by Gasteiger charge is -2.38. The van der Waals surface area contributed by atoms with Gasteiger partial charge >= 0.3 is 0 Å². The molecule has 1 aliphatic carbocycles. The number of hydrogen-bond donors (Lipinski definition) is 2. The Hall–Kier alpha value is -2.49. The fraction of sp³-hybridized carbons (Fsp3) is 0.250.